The monoisotopic (exact) mass is 411 g/mol. The summed E-state index contributed by atoms with van der Waals surface area (Å²) in [6.07, 6.45) is 6.60. The molecular formula is C22H29N5O3. The normalized spacial score (nSPS) is 21.0. The quantitative estimate of drug-likeness (QED) is 0.749. The number of likely N-dealkylation sites (tertiary alicyclic amines) is 1. The molecule has 8 nitrogen and oxygen atoms in total. The van der Waals surface area contributed by atoms with E-state index in [9.17, 15) is 9.59 Å². The molecular weight excluding hydrogens is 382 g/mol. The first kappa shape index (κ1) is 20.4. The lowest BCUT2D eigenvalue weighted by Gasteiger charge is -2.23. The second-order valence-electron chi connectivity index (χ2n) is 8.28. The topological polar surface area (TPSA) is 89.3 Å². The SMILES string of the molecule is Cc1nn(C)c(C)c1CCC(=O)N1C[C@@H](Oc2cccnc2)C[C@H]1C(=O)NC1CC1. The maximum absolute atomic E-state index is 13.1. The molecule has 1 N–H and O–H groups in total. The number of ether oxygens (including phenoxy) is 1. The summed E-state index contributed by atoms with van der Waals surface area (Å²) in [5, 5.41) is 7.48. The van der Waals surface area contributed by atoms with Gasteiger partial charge in [-0.05, 0) is 50.8 Å². The van der Waals surface area contributed by atoms with Crippen LogP contribution in [0.15, 0.2) is 24.5 Å². The molecule has 2 fully saturated rings. The van der Waals surface area contributed by atoms with Crippen LogP contribution in [0.1, 0.15) is 42.6 Å². The molecule has 0 spiro atoms. The highest BCUT2D eigenvalue weighted by atomic mass is 16.5. The number of nitrogens with zero attached hydrogens (tertiary/aromatic N) is 4. The van der Waals surface area contributed by atoms with Crippen molar-refractivity contribution >= 4 is 11.8 Å². The Kier molecular flexibility index (Phi) is 5.74. The van der Waals surface area contributed by atoms with Gasteiger partial charge >= 0.3 is 0 Å². The van der Waals surface area contributed by atoms with Gasteiger partial charge in [-0.1, -0.05) is 0 Å². The van der Waals surface area contributed by atoms with E-state index in [1.807, 2.05) is 37.7 Å². The van der Waals surface area contributed by atoms with E-state index in [2.05, 4.69) is 15.4 Å². The Balaban J connectivity index is 1.44. The van der Waals surface area contributed by atoms with Crippen LogP contribution in [0.4, 0.5) is 0 Å². The van der Waals surface area contributed by atoms with E-state index in [1.54, 1.807) is 17.3 Å². The first-order valence-corrected chi connectivity index (χ1v) is 10.6. The Hall–Kier alpha value is -2.90. The third-order valence-electron chi connectivity index (χ3n) is 5.99. The summed E-state index contributed by atoms with van der Waals surface area (Å²) >= 11 is 0. The van der Waals surface area contributed by atoms with Gasteiger partial charge in [0.1, 0.15) is 17.9 Å². The zero-order valence-electron chi connectivity index (χ0n) is 17.8. The summed E-state index contributed by atoms with van der Waals surface area (Å²) in [6.45, 7) is 4.38. The molecule has 1 aliphatic heterocycles. The van der Waals surface area contributed by atoms with Crippen LogP contribution >= 0.6 is 0 Å². The van der Waals surface area contributed by atoms with Gasteiger partial charge in [0.05, 0.1) is 18.4 Å². The molecule has 0 bridgehead atoms. The molecule has 1 aliphatic carbocycles. The van der Waals surface area contributed by atoms with E-state index in [4.69, 9.17) is 4.74 Å². The van der Waals surface area contributed by atoms with Gasteiger partial charge in [0.2, 0.25) is 11.8 Å². The van der Waals surface area contributed by atoms with E-state index in [-0.39, 0.29) is 24.0 Å². The molecule has 2 aromatic rings. The van der Waals surface area contributed by atoms with Crippen molar-refractivity contribution in [2.24, 2.45) is 7.05 Å². The second kappa shape index (κ2) is 8.45. The fourth-order valence-corrected chi connectivity index (χ4v) is 4.10. The third-order valence-corrected chi connectivity index (χ3v) is 5.99. The Morgan fingerprint density at radius 2 is 2.10 bits per heavy atom. The minimum atomic E-state index is -0.490. The summed E-state index contributed by atoms with van der Waals surface area (Å²) in [5.41, 5.74) is 3.12. The van der Waals surface area contributed by atoms with Crippen LogP contribution in [0.2, 0.25) is 0 Å². The van der Waals surface area contributed by atoms with Gasteiger partial charge in [-0.15, -0.1) is 0 Å². The molecule has 2 aliphatic rings. The number of amides is 2. The van der Waals surface area contributed by atoms with E-state index in [0.717, 1.165) is 29.8 Å². The van der Waals surface area contributed by atoms with Crippen molar-refractivity contribution in [2.75, 3.05) is 6.54 Å². The van der Waals surface area contributed by atoms with Crippen molar-refractivity contribution in [3.05, 3.63) is 41.5 Å². The van der Waals surface area contributed by atoms with Crippen LogP contribution in [0.5, 0.6) is 5.75 Å². The number of pyridine rings is 1. The maximum Gasteiger partial charge on any atom is 0.243 e. The number of nitrogens with one attached hydrogen (secondary N) is 1. The molecule has 30 heavy (non-hydrogen) atoms. The van der Waals surface area contributed by atoms with Gasteiger partial charge in [-0.25, -0.2) is 0 Å². The van der Waals surface area contributed by atoms with Crippen molar-refractivity contribution in [2.45, 2.75) is 64.1 Å². The molecule has 0 aromatic carbocycles. The van der Waals surface area contributed by atoms with Crippen LogP contribution in [-0.2, 0) is 23.1 Å². The molecule has 0 radical (unpaired) electrons. The summed E-state index contributed by atoms with van der Waals surface area (Å²) in [6, 6.07) is 3.41. The highest BCUT2D eigenvalue weighted by Crippen LogP contribution is 2.26. The van der Waals surface area contributed by atoms with Crippen molar-refractivity contribution in [1.29, 1.82) is 0 Å². The van der Waals surface area contributed by atoms with Gasteiger partial charge in [0.25, 0.3) is 0 Å². The van der Waals surface area contributed by atoms with Gasteiger partial charge in [0, 0.05) is 37.8 Å². The Bertz CT molecular complexity index is 922. The average molecular weight is 412 g/mol. The molecule has 2 atom stereocenters. The average Bonchev–Trinajstić information content (AvgIpc) is 3.38. The molecule has 0 unspecified atom stereocenters. The number of carbonyl (C=O) groups is 2. The molecule has 1 saturated heterocycles. The standard InChI is InChI=1S/C22H29N5O3/c1-14-19(15(2)26(3)25-14)8-9-21(28)27-13-18(30-17-5-4-10-23-12-17)11-20(27)22(29)24-16-6-7-16/h4-5,10,12,16,18,20H,6-9,11,13H2,1-3H3,(H,24,29)/t18-,20-/m0/s1. The third kappa shape index (κ3) is 4.47. The fourth-order valence-electron chi connectivity index (χ4n) is 4.10. The summed E-state index contributed by atoms with van der Waals surface area (Å²) in [5.74, 6) is 0.558. The molecule has 160 valence electrons. The molecule has 2 aromatic heterocycles. The molecule has 3 heterocycles. The summed E-state index contributed by atoms with van der Waals surface area (Å²) in [4.78, 5) is 31.7. The van der Waals surface area contributed by atoms with Crippen molar-refractivity contribution < 1.29 is 14.3 Å². The van der Waals surface area contributed by atoms with Crippen LogP contribution in [0.25, 0.3) is 0 Å². The first-order chi connectivity index (χ1) is 14.4. The minimum absolute atomic E-state index is 0.0223. The molecule has 4 rings (SSSR count). The van der Waals surface area contributed by atoms with Crippen LogP contribution in [0, 0.1) is 13.8 Å². The van der Waals surface area contributed by atoms with E-state index >= 15 is 0 Å². The number of aromatic nitrogens is 3. The Labute approximate surface area is 176 Å². The number of hydrogen-bond acceptors (Lipinski definition) is 5. The number of rotatable bonds is 7. The van der Waals surface area contributed by atoms with E-state index in [0.29, 0.717) is 31.6 Å². The summed E-state index contributed by atoms with van der Waals surface area (Å²) in [7, 11) is 1.91. The predicted octanol–water partition coefficient (Wildman–Crippen LogP) is 1.69. The van der Waals surface area contributed by atoms with Crippen molar-refractivity contribution in [3.63, 3.8) is 0 Å². The maximum atomic E-state index is 13.1. The van der Waals surface area contributed by atoms with Gasteiger partial charge in [0.15, 0.2) is 0 Å². The summed E-state index contributed by atoms with van der Waals surface area (Å²) < 4.78 is 7.85. The van der Waals surface area contributed by atoms with Gasteiger partial charge < -0.3 is 15.0 Å². The largest absolute Gasteiger partial charge is 0.487 e. The van der Waals surface area contributed by atoms with Crippen LogP contribution in [-0.4, -0.2) is 56.2 Å². The lowest BCUT2D eigenvalue weighted by molar-refractivity contribution is -0.138. The Morgan fingerprint density at radius 1 is 1.30 bits per heavy atom. The smallest absolute Gasteiger partial charge is 0.243 e. The Morgan fingerprint density at radius 3 is 2.73 bits per heavy atom. The molecule has 8 heteroatoms. The van der Waals surface area contributed by atoms with E-state index < -0.39 is 6.04 Å². The first-order valence-electron chi connectivity index (χ1n) is 10.6. The molecule has 1 saturated carbocycles. The highest BCUT2D eigenvalue weighted by Gasteiger charge is 2.41. The minimum Gasteiger partial charge on any atom is -0.487 e. The lowest BCUT2D eigenvalue weighted by atomic mass is 10.1. The zero-order valence-corrected chi connectivity index (χ0v) is 17.8. The van der Waals surface area contributed by atoms with Crippen molar-refractivity contribution in [1.82, 2.24) is 25.0 Å². The zero-order chi connectivity index (χ0) is 21.3. The highest BCUT2D eigenvalue weighted by molar-refractivity contribution is 5.88. The van der Waals surface area contributed by atoms with Gasteiger partial charge in [-0.3, -0.25) is 19.3 Å². The van der Waals surface area contributed by atoms with Crippen LogP contribution < -0.4 is 10.1 Å². The fraction of sp³-hybridized carbons (Fsp3) is 0.545. The number of aryl methyl sites for hydroxylation is 2. The van der Waals surface area contributed by atoms with Crippen LogP contribution in [0.3, 0.4) is 0 Å². The van der Waals surface area contributed by atoms with Crippen molar-refractivity contribution in [3.8, 4) is 5.75 Å². The predicted molar refractivity (Wildman–Crippen MR) is 111 cm³/mol. The molecule has 2 amide bonds. The second-order valence-corrected chi connectivity index (χ2v) is 8.28. The van der Waals surface area contributed by atoms with E-state index in [1.165, 1.54) is 0 Å². The lowest BCUT2D eigenvalue weighted by Crippen LogP contribution is -2.46. The van der Waals surface area contributed by atoms with Gasteiger partial charge in [-0.2, -0.15) is 5.10 Å². The number of hydrogen-bond donors (Lipinski definition) is 1. The number of carbonyl (C=O) groups excluding carboxylic acids is 2.